The van der Waals surface area contributed by atoms with Crippen LogP contribution in [0.25, 0.3) is 0 Å². The van der Waals surface area contributed by atoms with Crippen molar-refractivity contribution in [2.45, 2.75) is 20.4 Å². The molecule has 0 saturated carbocycles. The third kappa shape index (κ3) is 8.21. The molecule has 0 spiro atoms. The number of phenolic OH excluding ortho intramolecular Hbond substituents is 1. The number of aliphatic imine (C=N–C) groups is 1. The van der Waals surface area contributed by atoms with E-state index in [1.165, 1.54) is 0 Å². The quantitative estimate of drug-likeness (QED) is 0.287. The molecular formula is C14H24IN3O2. The van der Waals surface area contributed by atoms with E-state index in [9.17, 15) is 5.11 Å². The van der Waals surface area contributed by atoms with Crippen LogP contribution in [0.5, 0.6) is 5.75 Å². The van der Waals surface area contributed by atoms with E-state index >= 15 is 0 Å². The van der Waals surface area contributed by atoms with Crippen molar-refractivity contribution in [2.24, 2.45) is 4.99 Å². The summed E-state index contributed by atoms with van der Waals surface area (Å²) in [5, 5.41) is 15.7. The summed E-state index contributed by atoms with van der Waals surface area (Å²) in [6, 6.07) is 7.12. The fraction of sp³-hybridized carbons (Fsp3) is 0.500. The zero-order valence-electron chi connectivity index (χ0n) is 12.1. The number of halogens is 1. The fourth-order valence-corrected chi connectivity index (χ4v) is 1.55. The highest BCUT2D eigenvalue weighted by atomic mass is 127. The minimum atomic E-state index is 0. The monoisotopic (exact) mass is 393 g/mol. The molecule has 0 aliphatic rings. The van der Waals surface area contributed by atoms with E-state index in [1.807, 2.05) is 26.0 Å². The molecule has 6 heteroatoms. The second kappa shape index (κ2) is 11.8. The average molecular weight is 393 g/mol. The van der Waals surface area contributed by atoms with Crippen molar-refractivity contribution in [3.8, 4) is 5.75 Å². The van der Waals surface area contributed by atoms with Crippen LogP contribution in [-0.4, -0.2) is 37.4 Å². The summed E-state index contributed by atoms with van der Waals surface area (Å²) in [5.41, 5.74) is 0.974. The molecule has 1 aromatic carbocycles. The lowest BCUT2D eigenvalue weighted by atomic mass is 10.2. The molecule has 5 nitrogen and oxygen atoms in total. The van der Waals surface area contributed by atoms with Gasteiger partial charge in [0.05, 0.1) is 13.2 Å². The maximum absolute atomic E-state index is 9.39. The Labute approximate surface area is 137 Å². The molecule has 114 valence electrons. The number of guanidine groups is 1. The molecule has 0 saturated heterocycles. The molecule has 3 N–H and O–H groups in total. The zero-order chi connectivity index (χ0) is 13.9. The van der Waals surface area contributed by atoms with Gasteiger partial charge in [-0.25, -0.2) is 4.99 Å². The van der Waals surface area contributed by atoms with Gasteiger partial charge in [-0.15, -0.1) is 24.0 Å². The van der Waals surface area contributed by atoms with Crippen LogP contribution in [0.4, 0.5) is 0 Å². The molecule has 0 aliphatic heterocycles. The first kappa shape index (κ1) is 19.0. The van der Waals surface area contributed by atoms with Gasteiger partial charge in [-0.05, 0) is 31.5 Å². The number of nitrogens with zero attached hydrogens (tertiary/aromatic N) is 1. The number of ether oxygens (including phenoxy) is 1. The third-order valence-electron chi connectivity index (χ3n) is 2.42. The van der Waals surface area contributed by atoms with Crippen LogP contribution in [-0.2, 0) is 11.3 Å². The smallest absolute Gasteiger partial charge is 0.191 e. The number of hydrogen-bond acceptors (Lipinski definition) is 3. The highest BCUT2D eigenvalue weighted by Gasteiger charge is 1.98. The summed E-state index contributed by atoms with van der Waals surface area (Å²) in [6.07, 6.45) is 0. The fourth-order valence-electron chi connectivity index (χ4n) is 1.55. The molecule has 20 heavy (non-hydrogen) atoms. The van der Waals surface area contributed by atoms with Gasteiger partial charge in [0.25, 0.3) is 0 Å². The average Bonchev–Trinajstić information content (AvgIpc) is 2.41. The largest absolute Gasteiger partial charge is 0.508 e. The second-order valence-electron chi connectivity index (χ2n) is 3.99. The molecule has 1 rings (SSSR count). The number of rotatable bonds is 7. The molecule has 0 heterocycles. The Morgan fingerprint density at radius 1 is 1.30 bits per heavy atom. The predicted octanol–water partition coefficient (Wildman–Crippen LogP) is 2.10. The number of hydrogen-bond donors (Lipinski definition) is 3. The standard InChI is InChI=1S/C14H23N3O2.HI/c1-3-15-14(16-8-9-19-4-2)17-11-12-6-5-7-13(18)10-12;/h5-7,10,18H,3-4,8-9,11H2,1-2H3,(H2,15,16,17);1H. The highest BCUT2D eigenvalue weighted by Crippen LogP contribution is 2.11. The maximum atomic E-state index is 9.39. The van der Waals surface area contributed by atoms with Gasteiger partial charge >= 0.3 is 0 Å². The Morgan fingerprint density at radius 2 is 2.10 bits per heavy atom. The van der Waals surface area contributed by atoms with Crippen molar-refractivity contribution < 1.29 is 9.84 Å². The van der Waals surface area contributed by atoms with Crippen molar-refractivity contribution in [1.29, 1.82) is 0 Å². The molecule has 0 fully saturated rings. The summed E-state index contributed by atoms with van der Waals surface area (Å²) in [4.78, 5) is 4.45. The van der Waals surface area contributed by atoms with Gasteiger partial charge in [-0.2, -0.15) is 0 Å². The Hall–Kier alpha value is -1.02. The van der Waals surface area contributed by atoms with Crippen LogP contribution in [0.2, 0.25) is 0 Å². The number of benzene rings is 1. The van der Waals surface area contributed by atoms with Crippen LogP contribution in [0.15, 0.2) is 29.3 Å². The van der Waals surface area contributed by atoms with Gasteiger partial charge in [0, 0.05) is 19.7 Å². The summed E-state index contributed by atoms with van der Waals surface area (Å²) >= 11 is 0. The third-order valence-corrected chi connectivity index (χ3v) is 2.42. The van der Waals surface area contributed by atoms with Gasteiger partial charge < -0.3 is 20.5 Å². The van der Waals surface area contributed by atoms with Gasteiger partial charge in [0.2, 0.25) is 0 Å². The van der Waals surface area contributed by atoms with Crippen molar-refractivity contribution >= 4 is 29.9 Å². The summed E-state index contributed by atoms with van der Waals surface area (Å²) in [6.45, 7) is 7.43. The molecule has 0 bridgehead atoms. The van der Waals surface area contributed by atoms with E-state index in [0.717, 1.165) is 31.2 Å². The van der Waals surface area contributed by atoms with Gasteiger partial charge in [-0.1, -0.05) is 12.1 Å². The van der Waals surface area contributed by atoms with E-state index in [1.54, 1.807) is 12.1 Å². The second-order valence-corrected chi connectivity index (χ2v) is 3.99. The lowest BCUT2D eigenvalue weighted by Crippen LogP contribution is -2.39. The summed E-state index contributed by atoms with van der Waals surface area (Å²) in [7, 11) is 0. The zero-order valence-corrected chi connectivity index (χ0v) is 14.4. The van der Waals surface area contributed by atoms with E-state index in [4.69, 9.17) is 4.74 Å². The molecule has 0 amide bonds. The molecule has 0 aromatic heterocycles. The highest BCUT2D eigenvalue weighted by molar-refractivity contribution is 14.0. The molecule has 1 aromatic rings. The minimum absolute atomic E-state index is 0. The molecule has 0 aliphatic carbocycles. The Balaban J connectivity index is 0.00000361. The Bertz CT molecular complexity index is 400. The van der Waals surface area contributed by atoms with Crippen molar-refractivity contribution in [3.05, 3.63) is 29.8 Å². The molecule has 0 atom stereocenters. The number of phenols is 1. The molecular weight excluding hydrogens is 369 g/mol. The van der Waals surface area contributed by atoms with Gasteiger partial charge in [-0.3, -0.25) is 0 Å². The minimum Gasteiger partial charge on any atom is -0.508 e. The van der Waals surface area contributed by atoms with Crippen LogP contribution >= 0.6 is 24.0 Å². The topological polar surface area (TPSA) is 65.9 Å². The van der Waals surface area contributed by atoms with Crippen LogP contribution in [0.1, 0.15) is 19.4 Å². The SMILES string of the molecule is CCNC(=NCc1cccc(O)c1)NCCOCC.I. The van der Waals surface area contributed by atoms with Crippen LogP contribution in [0, 0.1) is 0 Å². The van der Waals surface area contributed by atoms with E-state index in [0.29, 0.717) is 13.2 Å². The van der Waals surface area contributed by atoms with E-state index in [2.05, 4.69) is 15.6 Å². The number of nitrogens with one attached hydrogen (secondary N) is 2. The predicted molar refractivity (Wildman–Crippen MR) is 92.8 cm³/mol. The number of aromatic hydroxyl groups is 1. The van der Waals surface area contributed by atoms with E-state index < -0.39 is 0 Å². The maximum Gasteiger partial charge on any atom is 0.191 e. The Morgan fingerprint density at radius 3 is 2.75 bits per heavy atom. The van der Waals surface area contributed by atoms with Crippen molar-refractivity contribution in [3.63, 3.8) is 0 Å². The Kier molecular flexibility index (Phi) is 11.2. The van der Waals surface area contributed by atoms with Gasteiger partial charge in [0.1, 0.15) is 5.75 Å². The molecule has 0 unspecified atom stereocenters. The summed E-state index contributed by atoms with van der Waals surface area (Å²) in [5.74, 6) is 1.02. The lowest BCUT2D eigenvalue weighted by molar-refractivity contribution is 0.152. The van der Waals surface area contributed by atoms with Crippen molar-refractivity contribution in [1.82, 2.24) is 10.6 Å². The van der Waals surface area contributed by atoms with Crippen molar-refractivity contribution in [2.75, 3.05) is 26.3 Å². The van der Waals surface area contributed by atoms with Crippen LogP contribution < -0.4 is 10.6 Å². The molecule has 0 radical (unpaired) electrons. The summed E-state index contributed by atoms with van der Waals surface area (Å²) < 4.78 is 5.26. The first-order valence-electron chi connectivity index (χ1n) is 6.64. The van der Waals surface area contributed by atoms with E-state index in [-0.39, 0.29) is 29.7 Å². The first-order chi connectivity index (χ1) is 9.26. The normalized spacial score (nSPS) is 10.8. The van der Waals surface area contributed by atoms with Crippen LogP contribution in [0.3, 0.4) is 0 Å². The lowest BCUT2D eigenvalue weighted by Gasteiger charge is -2.11. The van der Waals surface area contributed by atoms with Gasteiger partial charge in [0.15, 0.2) is 5.96 Å². The first-order valence-corrected chi connectivity index (χ1v) is 6.64.